The Hall–Kier alpha value is -2.60. The Morgan fingerprint density at radius 1 is 1.05 bits per heavy atom. The first-order valence-electron chi connectivity index (χ1n) is 6.74. The first-order chi connectivity index (χ1) is 10.5. The highest BCUT2D eigenvalue weighted by molar-refractivity contribution is 7.92. The maximum atomic E-state index is 12.3. The topological polar surface area (TPSA) is 64.0 Å². The Morgan fingerprint density at radius 3 is 2.45 bits per heavy atom. The van der Waals surface area contributed by atoms with Gasteiger partial charge in [-0.15, -0.1) is 0 Å². The third-order valence-electron chi connectivity index (χ3n) is 3.19. The molecular weight excluding hydrogens is 298 g/mol. The monoisotopic (exact) mass is 313 g/mol. The van der Waals surface area contributed by atoms with Gasteiger partial charge < -0.3 is 0 Å². The van der Waals surface area contributed by atoms with Gasteiger partial charge in [0, 0.05) is 18.1 Å². The average Bonchev–Trinajstić information content (AvgIpc) is 3.02. The fourth-order valence-corrected chi connectivity index (χ4v) is 3.26. The Morgan fingerprint density at radius 2 is 1.82 bits per heavy atom. The van der Waals surface area contributed by atoms with Crippen LogP contribution in [0.5, 0.6) is 0 Å². The number of sulfonamides is 1. The van der Waals surface area contributed by atoms with E-state index < -0.39 is 10.0 Å². The smallest absolute Gasteiger partial charge is 0.261 e. The Labute approximate surface area is 129 Å². The van der Waals surface area contributed by atoms with E-state index in [1.165, 1.54) is 0 Å². The van der Waals surface area contributed by atoms with Crippen LogP contribution in [0.25, 0.3) is 5.69 Å². The standard InChI is InChI=1S/C16H15N3O2S/c1-13-4-2-5-16(12-13)22(20,21)18-14-6-8-15(9-7-14)19-11-3-10-17-19/h2-12,18H,1H3. The quantitative estimate of drug-likeness (QED) is 0.805. The van der Waals surface area contributed by atoms with E-state index >= 15 is 0 Å². The molecule has 0 radical (unpaired) electrons. The molecule has 2 aromatic carbocycles. The van der Waals surface area contributed by atoms with Crippen molar-refractivity contribution in [3.05, 3.63) is 72.6 Å². The third-order valence-corrected chi connectivity index (χ3v) is 4.57. The van der Waals surface area contributed by atoms with Crippen molar-refractivity contribution in [2.75, 3.05) is 4.72 Å². The normalized spacial score (nSPS) is 11.3. The van der Waals surface area contributed by atoms with E-state index in [0.717, 1.165) is 11.3 Å². The number of anilines is 1. The second-order valence-corrected chi connectivity index (χ2v) is 6.60. The molecule has 0 saturated heterocycles. The molecule has 112 valence electrons. The van der Waals surface area contributed by atoms with Gasteiger partial charge in [-0.3, -0.25) is 4.72 Å². The third kappa shape index (κ3) is 3.01. The predicted octanol–water partition coefficient (Wildman–Crippen LogP) is 2.98. The molecule has 22 heavy (non-hydrogen) atoms. The molecule has 0 amide bonds. The minimum Gasteiger partial charge on any atom is -0.280 e. The molecule has 0 saturated carbocycles. The molecule has 0 unspecified atom stereocenters. The summed E-state index contributed by atoms with van der Waals surface area (Å²) < 4.78 is 29.0. The van der Waals surface area contributed by atoms with Crippen LogP contribution in [0.2, 0.25) is 0 Å². The van der Waals surface area contributed by atoms with Gasteiger partial charge in [-0.25, -0.2) is 13.1 Å². The summed E-state index contributed by atoms with van der Waals surface area (Å²) in [7, 11) is -3.57. The summed E-state index contributed by atoms with van der Waals surface area (Å²) in [6.07, 6.45) is 3.51. The van der Waals surface area contributed by atoms with Gasteiger partial charge in [-0.1, -0.05) is 12.1 Å². The van der Waals surface area contributed by atoms with Crippen molar-refractivity contribution in [3.8, 4) is 5.69 Å². The van der Waals surface area contributed by atoms with Crippen molar-refractivity contribution in [1.29, 1.82) is 0 Å². The second-order valence-electron chi connectivity index (χ2n) is 4.92. The summed E-state index contributed by atoms with van der Waals surface area (Å²) in [5.74, 6) is 0. The number of aryl methyl sites for hydroxylation is 1. The molecule has 0 fully saturated rings. The van der Waals surface area contributed by atoms with Crippen molar-refractivity contribution in [2.24, 2.45) is 0 Å². The molecule has 0 atom stereocenters. The van der Waals surface area contributed by atoms with E-state index in [0.29, 0.717) is 5.69 Å². The molecule has 5 nitrogen and oxygen atoms in total. The average molecular weight is 313 g/mol. The molecule has 0 aliphatic rings. The van der Waals surface area contributed by atoms with Gasteiger partial charge in [-0.05, 0) is 55.0 Å². The fraction of sp³-hybridized carbons (Fsp3) is 0.0625. The molecule has 0 aliphatic heterocycles. The number of aromatic nitrogens is 2. The highest BCUT2D eigenvalue weighted by Gasteiger charge is 2.14. The Bertz CT molecular complexity index is 870. The van der Waals surface area contributed by atoms with Crippen LogP contribution < -0.4 is 4.72 Å². The number of rotatable bonds is 4. The minimum atomic E-state index is -3.57. The summed E-state index contributed by atoms with van der Waals surface area (Å²) in [4.78, 5) is 0.253. The molecule has 3 aromatic rings. The molecule has 1 aromatic heterocycles. The number of nitrogens with one attached hydrogen (secondary N) is 1. The van der Waals surface area contributed by atoms with E-state index in [-0.39, 0.29) is 4.90 Å². The van der Waals surface area contributed by atoms with Crippen LogP contribution in [-0.4, -0.2) is 18.2 Å². The van der Waals surface area contributed by atoms with Gasteiger partial charge >= 0.3 is 0 Å². The maximum absolute atomic E-state index is 12.3. The molecule has 0 aliphatic carbocycles. The maximum Gasteiger partial charge on any atom is 0.261 e. The number of hydrogen-bond acceptors (Lipinski definition) is 3. The van der Waals surface area contributed by atoms with Crippen molar-refractivity contribution in [3.63, 3.8) is 0 Å². The van der Waals surface area contributed by atoms with Crippen molar-refractivity contribution < 1.29 is 8.42 Å². The van der Waals surface area contributed by atoms with Crippen LogP contribution >= 0.6 is 0 Å². The lowest BCUT2D eigenvalue weighted by atomic mass is 10.2. The van der Waals surface area contributed by atoms with Crippen LogP contribution in [0.3, 0.4) is 0 Å². The first-order valence-corrected chi connectivity index (χ1v) is 8.22. The SMILES string of the molecule is Cc1cccc(S(=O)(=O)Nc2ccc(-n3cccn3)cc2)c1. The van der Waals surface area contributed by atoms with Crippen LogP contribution in [0.1, 0.15) is 5.56 Å². The van der Waals surface area contributed by atoms with Crippen molar-refractivity contribution >= 4 is 15.7 Å². The van der Waals surface area contributed by atoms with Crippen LogP contribution in [0.4, 0.5) is 5.69 Å². The number of hydrogen-bond donors (Lipinski definition) is 1. The highest BCUT2D eigenvalue weighted by Crippen LogP contribution is 2.18. The lowest BCUT2D eigenvalue weighted by molar-refractivity contribution is 0.601. The van der Waals surface area contributed by atoms with Crippen molar-refractivity contribution in [2.45, 2.75) is 11.8 Å². The molecule has 0 spiro atoms. The van der Waals surface area contributed by atoms with Crippen LogP contribution in [0, 0.1) is 6.92 Å². The fourth-order valence-electron chi connectivity index (χ4n) is 2.10. The zero-order chi connectivity index (χ0) is 15.6. The van der Waals surface area contributed by atoms with E-state index in [1.54, 1.807) is 53.3 Å². The molecule has 1 heterocycles. The Kier molecular flexibility index (Phi) is 3.68. The van der Waals surface area contributed by atoms with Crippen LogP contribution in [-0.2, 0) is 10.0 Å². The van der Waals surface area contributed by atoms with Crippen LogP contribution in [0.15, 0.2) is 71.9 Å². The minimum absolute atomic E-state index is 0.253. The largest absolute Gasteiger partial charge is 0.280 e. The van der Waals surface area contributed by atoms with Crippen molar-refractivity contribution in [1.82, 2.24) is 9.78 Å². The molecular formula is C16H15N3O2S. The second kappa shape index (κ2) is 5.65. The molecule has 6 heteroatoms. The van der Waals surface area contributed by atoms with Gasteiger partial charge in [0.1, 0.15) is 0 Å². The van der Waals surface area contributed by atoms with Gasteiger partial charge in [-0.2, -0.15) is 5.10 Å². The van der Waals surface area contributed by atoms with E-state index in [2.05, 4.69) is 9.82 Å². The summed E-state index contributed by atoms with van der Waals surface area (Å²) in [5.41, 5.74) is 2.28. The first kappa shape index (κ1) is 14.3. The molecule has 0 bridgehead atoms. The van der Waals surface area contributed by atoms with Gasteiger partial charge in [0.2, 0.25) is 0 Å². The lowest BCUT2D eigenvalue weighted by Gasteiger charge is -2.09. The zero-order valence-electron chi connectivity index (χ0n) is 12.0. The van der Waals surface area contributed by atoms with E-state index in [9.17, 15) is 8.42 Å². The summed E-state index contributed by atoms with van der Waals surface area (Å²) in [6.45, 7) is 1.86. The molecule has 3 rings (SSSR count). The number of benzene rings is 2. The number of nitrogens with zero attached hydrogens (tertiary/aromatic N) is 2. The molecule has 1 N–H and O–H groups in total. The van der Waals surface area contributed by atoms with Gasteiger partial charge in [0.25, 0.3) is 10.0 Å². The van der Waals surface area contributed by atoms with E-state index in [1.807, 2.05) is 25.3 Å². The zero-order valence-corrected chi connectivity index (χ0v) is 12.8. The highest BCUT2D eigenvalue weighted by atomic mass is 32.2. The lowest BCUT2D eigenvalue weighted by Crippen LogP contribution is -2.13. The summed E-state index contributed by atoms with van der Waals surface area (Å²) in [6, 6.07) is 15.7. The van der Waals surface area contributed by atoms with E-state index in [4.69, 9.17) is 0 Å². The Balaban J connectivity index is 1.84. The summed E-state index contributed by atoms with van der Waals surface area (Å²) >= 11 is 0. The summed E-state index contributed by atoms with van der Waals surface area (Å²) in [5, 5.41) is 4.13. The van der Waals surface area contributed by atoms with Gasteiger partial charge in [0.05, 0.1) is 10.6 Å². The van der Waals surface area contributed by atoms with Gasteiger partial charge in [0.15, 0.2) is 0 Å². The predicted molar refractivity (Wildman–Crippen MR) is 85.6 cm³/mol.